The molecule has 1 aliphatic rings. The molecule has 0 unspecified atom stereocenters. The summed E-state index contributed by atoms with van der Waals surface area (Å²) in [6.45, 7) is 5.50. The quantitative estimate of drug-likeness (QED) is 0.804. The highest BCUT2D eigenvalue weighted by atomic mass is 16.6. The number of amides is 1. The molecule has 1 aromatic rings. The van der Waals surface area contributed by atoms with Crippen LogP contribution in [-0.2, 0) is 11.2 Å². The molecule has 1 aliphatic carbocycles. The summed E-state index contributed by atoms with van der Waals surface area (Å²) in [5.41, 5.74) is 1.67. The van der Waals surface area contributed by atoms with Gasteiger partial charge in [0.1, 0.15) is 11.4 Å². The molecular formula is C14H19NO3. The Hall–Kier alpha value is -1.71. The average molecular weight is 249 g/mol. The van der Waals surface area contributed by atoms with Gasteiger partial charge in [-0.3, -0.25) is 0 Å². The van der Waals surface area contributed by atoms with E-state index in [0.717, 1.165) is 18.4 Å². The molecule has 4 nitrogen and oxygen atoms in total. The van der Waals surface area contributed by atoms with Gasteiger partial charge < -0.3 is 15.2 Å². The number of nitrogens with one attached hydrogen (secondary N) is 1. The van der Waals surface area contributed by atoms with Crippen LogP contribution >= 0.6 is 0 Å². The molecule has 98 valence electrons. The number of benzene rings is 1. The van der Waals surface area contributed by atoms with Crippen LogP contribution in [0.3, 0.4) is 0 Å². The maximum atomic E-state index is 11.7. The van der Waals surface area contributed by atoms with Crippen molar-refractivity contribution in [1.29, 1.82) is 0 Å². The fourth-order valence-corrected chi connectivity index (χ4v) is 2.19. The summed E-state index contributed by atoms with van der Waals surface area (Å²) in [7, 11) is 0. The number of rotatable bonds is 1. The third-order valence-corrected chi connectivity index (χ3v) is 2.90. The van der Waals surface area contributed by atoms with Crippen LogP contribution in [0.5, 0.6) is 5.75 Å². The maximum absolute atomic E-state index is 11.7. The Morgan fingerprint density at radius 2 is 2.17 bits per heavy atom. The van der Waals surface area contributed by atoms with Crippen LogP contribution in [0.4, 0.5) is 4.79 Å². The summed E-state index contributed by atoms with van der Waals surface area (Å²) in [5, 5.41) is 12.3. The lowest BCUT2D eigenvalue weighted by Crippen LogP contribution is -2.34. The summed E-state index contributed by atoms with van der Waals surface area (Å²) in [6.07, 6.45) is 1.34. The minimum atomic E-state index is -0.496. The van der Waals surface area contributed by atoms with Gasteiger partial charge in [-0.15, -0.1) is 0 Å². The van der Waals surface area contributed by atoms with Gasteiger partial charge in [0.15, 0.2) is 0 Å². The molecule has 0 radical (unpaired) electrons. The first-order valence-electron chi connectivity index (χ1n) is 6.16. The van der Waals surface area contributed by atoms with E-state index >= 15 is 0 Å². The minimum absolute atomic E-state index is 0.0676. The highest BCUT2D eigenvalue weighted by Crippen LogP contribution is 2.33. The second-order valence-corrected chi connectivity index (χ2v) is 5.62. The van der Waals surface area contributed by atoms with E-state index in [0.29, 0.717) is 0 Å². The van der Waals surface area contributed by atoms with Crippen molar-refractivity contribution in [1.82, 2.24) is 5.32 Å². The van der Waals surface area contributed by atoms with E-state index in [4.69, 9.17) is 4.74 Å². The summed E-state index contributed by atoms with van der Waals surface area (Å²) >= 11 is 0. The van der Waals surface area contributed by atoms with Crippen LogP contribution in [0, 0.1) is 0 Å². The number of phenolic OH excluding ortho intramolecular Hbond substituents is 1. The van der Waals surface area contributed by atoms with Gasteiger partial charge >= 0.3 is 6.09 Å². The number of aromatic hydroxyl groups is 1. The van der Waals surface area contributed by atoms with E-state index in [1.54, 1.807) is 12.1 Å². The molecule has 0 heterocycles. The second-order valence-electron chi connectivity index (χ2n) is 5.62. The first-order chi connectivity index (χ1) is 8.35. The number of ether oxygens (including phenoxy) is 1. The highest BCUT2D eigenvalue weighted by Gasteiger charge is 2.26. The normalized spacial score (nSPS) is 18.3. The standard InChI is InChI=1S/C14H19NO3/c1-14(2,3)18-13(17)15-12-7-5-9-4-6-10(16)8-11(9)12/h4,6,8,12,16H,5,7H2,1-3H3,(H,15,17)/t12-/m0/s1. The molecule has 0 bridgehead atoms. The van der Waals surface area contributed by atoms with Gasteiger partial charge in [-0.2, -0.15) is 0 Å². The molecule has 0 aliphatic heterocycles. The van der Waals surface area contributed by atoms with Gasteiger partial charge in [0.05, 0.1) is 6.04 Å². The summed E-state index contributed by atoms with van der Waals surface area (Å²) in [6, 6.07) is 5.22. The predicted molar refractivity (Wildman–Crippen MR) is 68.5 cm³/mol. The Kier molecular flexibility index (Phi) is 3.20. The molecule has 2 rings (SSSR count). The van der Waals surface area contributed by atoms with Crippen molar-refractivity contribution in [3.05, 3.63) is 29.3 Å². The molecule has 4 heteroatoms. The summed E-state index contributed by atoms with van der Waals surface area (Å²) in [4.78, 5) is 11.7. The zero-order chi connectivity index (χ0) is 13.3. The fraction of sp³-hybridized carbons (Fsp3) is 0.500. The fourth-order valence-electron chi connectivity index (χ4n) is 2.19. The van der Waals surface area contributed by atoms with Crippen molar-refractivity contribution in [2.75, 3.05) is 0 Å². The number of fused-ring (bicyclic) bond motifs is 1. The number of carbonyl (C=O) groups is 1. The maximum Gasteiger partial charge on any atom is 0.408 e. The lowest BCUT2D eigenvalue weighted by Gasteiger charge is -2.22. The number of hydrogen-bond acceptors (Lipinski definition) is 3. The minimum Gasteiger partial charge on any atom is -0.508 e. The molecule has 1 aromatic carbocycles. The average Bonchev–Trinajstić information content (AvgIpc) is 2.58. The van der Waals surface area contributed by atoms with Crippen LogP contribution in [0.15, 0.2) is 18.2 Å². The Bertz CT molecular complexity index is 463. The van der Waals surface area contributed by atoms with Crippen LogP contribution in [-0.4, -0.2) is 16.8 Å². The molecule has 1 amide bonds. The molecule has 1 atom stereocenters. The van der Waals surface area contributed by atoms with Gasteiger partial charge in [0, 0.05) is 0 Å². The molecule has 0 saturated carbocycles. The predicted octanol–water partition coefficient (Wildman–Crippen LogP) is 2.90. The second kappa shape index (κ2) is 4.52. The number of carbonyl (C=O) groups excluding carboxylic acids is 1. The van der Waals surface area contributed by atoms with Crippen LogP contribution in [0.1, 0.15) is 44.4 Å². The van der Waals surface area contributed by atoms with Crippen molar-refractivity contribution in [3.8, 4) is 5.75 Å². The van der Waals surface area contributed by atoms with Gasteiger partial charge in [0.2, 0.25) is 0 Å². The Balaban J connectivity index is 2.06. The lowest BCUT2D eigenvalue weighted by atomic mass is 10.1. The third kappa shape index (κ3) is 2.94. The van der Waals surface area contributed by atoms with Crippen molar-refractivity contribution in [2.45, 2.75) is 45.3 Å². The van der Waals surface area contributed by atoms with Gasteiger partial charge in [-0.25, -0.2) is 4.79 Å². The SMILES string of the molecule is CC(C)(C)OC(=O)N[C@H]1CCc2ccc(O)cc21. The first-order valence-corrected chi connectivity index (χ1v) is 6.16. The van der Waals surface area contributed by atoms with Crippen LogP contribution < -0.4 is 5.32 Å². The van der Waals surface area contributed by atoms with E-state index in [2.05, 4.69) is 5.32 Å². The van der Waals surface area contributed by atoms with Crippen molar-refractivity contribution >= 4 is 6.09 Å². The molecular weight excluding hydrogens is 230 g/mol. The molecule has 2 N–H and O–H groups in total. The van der Waals surface area contributed by atoms with E-state index in [-0.39, 0.29) is 11.8 Å². The van der Waals surface area contributed by atoms with Gasteiger partial charge in [-0.1, -0.05) is 6.07 Å². The van der Waals surface area contributed by atoms with Crippen molar-refractivity contribution in [2.24, 2.45) is 0 Å². The summed E-state index contributed by atoms with van der Waals surface area (Å²) < 4.78 is 5.23. The molecule has 18 heavy (non-hydrogen) atoms. The van der Waals surface area contributed by atoms with Crippen LogP contribution in [0.25, 0.3) is 0 Å². The Morgan fingerprint density at radius 1 is 1.44 bits per heavy atom. The van der Waals surface area contributed by atoms with Gasteiger partial charge in [-0.05, 0) is 56.9 Å². The number of alkyl carbamates (subject to hydrolysis) is 1. The Morgan fingerprint density at radius 3 is 2.83 bits per heavy atom. The third-order valence-electron chi connectivity index (χ3n) is 2.90. The summed E-state index contributed by atoms with van der Waals surface area (Å²) in [5.74, 6) is 0.228. The highest BCUT2D eigenvalue weighted by molar-refractivity contribution is 5.68. The number of hydrogen-bond donors (Lipinski definition) is 2. The largest absolute Gasteiger partial charge is 0.508 e. The van der Waals surface area contributed by atoms with Crippen molar-refractivity contribution in [3.63, 3.8) is 0 Å². The molecule has 0 aromatic heterocycles. The van der Waals surface area contributed by atoms with E-state index in [9.17, 15) is 9.90 Å². The zero-order valence-electron chi connectivity index (χ0n) is 11.0. The lowest BCUT2D eigenvalue weighted by molar-refractivity contribution is 0.0503. The van der Waals surface area contributed by atoms with E-state index in [1.165, 1.54) is 5.56 Å². The van der Waals surface area contributed by atoms with E-state index < -0.39 is 11.7 Å². The van der Waals surface area contributed by atoms with Crippen LogP contribution in [0.2, 0.25) is 0 Å². The molecule has 0 saturated heterocycles. The smallest absolute Gasteiger partial charge is 0.408 e. The number of phenols is 1. The topological polar surface area (TPSA) is 58.6 Å². The molecule has 0 spiro atoms. The zero-order valence-corrected chi connectivity index (χ0v) is 11.0. The number of aryl methyl sites for hydroxylation is 1. The van der Waals surface area contributed by atoms with Crippen molar-refractivity contribution < 1.29 is 14.6 Å². The first kappa shape index (κ1) is 12.7. The molecule has 0 fully saturated rings. The monoisotopic (exact) mass is 249 g/mol. The Labute approximate surface area is 107 Å². The van der Waals surface area contributed by atoms with E-state index in [1.807, 2.05) is 26.8 Å². The van der Waals surface area contributed by atoms with Gasteiger partial charge in [0.25, 0.3) is 0 Å².